The Labute approximate surface area is 93.2 Å². The van der Waals surface area contributed by atoms with Crippen LogP contribution in [0.2, 0.25) is 0 Å². The second-order valence-corrected chi connectivity index (χ2v) is 3.56. The molecule has 0 radical (unpaired) electrons. The van der Waals surface area contributed by atoms with E-state index in [1.165, 1.54) is 0 Å². The lowest BCUT2D eigenvalue weighted by molar-refractivity contribution is -0.115. The van der Waals surface area contributed by atoms with E-state index in [1.807, 2.05) is 0 Å². The van der Waals surface area contributed by atoms with Gasteiger partial charge in [0.2, 0.25) is 5.91 Å². The maximum Gasteiger partial charge on any atom is 0.251 e. The van der Waals surface area contributed by atoms with Crippen LogP contribution < -0.4 is 16.0 Å². The van der Waals surface area contributed by atoms with Gasteiger partial charge in [-0.15, -0.1) is 0 Å². The van der Waals surface area contributed by atoms with Crippen molar-refractivity contribution in [2.45, 2.75) is 6.42 Å². The van der Waals surface area contributed by atoms with E-state index in [4.69, 9.17) is 0 Å². The van der Waals surface area contributed by atoms with Gasteiger partial charge in [-0.25, -0.2) is 0 Å². The first-order chi connectivity index (χ1) is 7.70. The fraction of sp³-hybridized carbons (Fsp3) is 0.273. The van der Waals surface area contributed by atoms with Gasteiger partial charge in [0.05, 0.1) is 11.4 Å². The Morgan fingerprint density at radius 3 is 2.94 bits per heavy atom. The summed E-state index contributed by atoms with van der Waals surface area (Å²) in [5.74, 6) is -0.207. The molecule has 3 N–H and O–H groups in total. The van der Waals surface area contributed by atoms with Gasteiger partial charge in [0.1, 0.15) is 0 Å². The van der Waals surface area contributed by atoms with Crippen molar-refractivity contribution in [3.63, 3.8) is 0 Å². The van der Waals surface area contributed by atoms with Crippen LogP contribution in [0, 0.1) is 0 Å². The zero-order valence-corrected chi connectivity index (χ0v) is 8.96. The summed E-state index contributed by atoms with van der Waals surface area (Å²) in [5, 5.41) is 8.43. The van der Waals surface area contributed by atoms with E-state index < -0.39 is 0 Å². The SMILES string of the molecule is CNC(=O)c1ccc2c(c1)NC(=O)CCN2. The number of carbonyl (C=O) groups is 2. The van der Waals surface area contributed by atoms with Crippen molar-refractivity contribution in [3.8, 4) is 0 Å². The molecule has 0 atom stereocenters. The highest BCUT2D eigenvalue weighted by molar-refractivity contribution is 6.00. The Morgan fingerprint density at radius 2 is 2.19 bits per heavy atom. The normalized spacial score (nSPS) is 14.2. The summed E-state index contributed by atoms with van der Waals surface area (Å²) >= 11 is 0. The maximum absolute atomic E-state index is 11.4. The monoisotopic (exact) mass is 219 g/mol. The van der Waals surface area contributed by atoms with Crippen LogP contribution in [0.4, 0.5) is 11.4 Å². The highest BCUT2D eigenvalue weighted by atomic mass is 16.2. The Balaban J connectivity index is 2.36. The second kappa shape index (κ2) is 4.22. The van der Waals surface area contributed by atoms with Gasteiger partial charge in [-0.2, -0.15) is 0 Å². The molecule has 1 aliphatic rings. The Bertz CT molecular complexity index is 443. The zero-order chi connectivity index (χ0) is 11.5. The van der Waals surface area contributed by atoms with Crippen LogP contribution in [0.15, 0.2) is 18.2 Å². The van der Waals surface area contributed by atoms with E-state index in [-0.39, 0.29) is 11.8 Å². The molecule has 0 spiro atoms. The minimum Gasteiger partial charge on any atom is -0.383 e. The van der Waals surface area contributed by atoms with Crippen LogP contribution in [0.5, 0.6) is 0 Å². The molecular formula is C11H13N3O2. The van der Waals surface area contributed by atoms with Crippen molar-refractivity contribution < 1.29 is 9.59 Å². The molecule has 1 aliphatic heterocycles. The number of benzene rings is 1. The molecule has 1 aromatic rings. The smallest absolute Gasteiger partial charge is 0.251 e. The number of rotatable bonds is 1. The molecule has 16 heavy (non-hydrogen) atoms. The molecule has 84 valence electrons. The molecule has 0 bridgehead atoms. The van der Waals surface area contributed by atoms with E-state index in [0.29, 0.717) is 24.2 Å². The van der Waals surface area contributed by atoms with Gasteiger partial charge in [-0.1, -0.05) is 0 Å². The summed E-state index contributed by atoms with van der Waals surface area (Å²) in [6.45, 7) is 0.609. The van der Waals surface area contributed by atoms with Gasteiger partial charge >= 0.3 is 0 Å². The van der Waals surface area contributed by atoms with E-state index in [9.17, 15) is 9.59 Å². The van der Waals surface area contributed by atoms with Gasteiger partial charge in [0, 0.05) is 25.6 Å². The summed E-state index contributed by atoms with van der Waals surface area (Å²) in [4.78, 5) is 22.8. The first-order valence-electron chi connectivity index (χ1n) is 5.10. The highest BCUT2D eigenvalue weighted by Crippen LogP contribution is 2.25. The van der Waals surface area contributed by atoms with Crippen LogP contribution in [0.1, 0.15) is 16.8 Å². The first-order valence-corrected chi connectivity index (χ1v) is 5.10. The molecule has 0 aliphatic carbocycles. The largest absolute Gasteiger partial charge is 0.383 e. The third kappa shape index (κ3) is 1.98. The van der Waals surface area contributed by atoms with Gasteiger partial charge in [-0.05, 0) is 18.2 Å². The molecule has 0 saturated heterocycles. The van der Waals surface area contributed by atoms with Crippen molar-refractivity contribution in [2.75, 3.05) is 24.2 Å². The molecule has 2 amide bonds. The number of nitrogens with one attached hydrogen (secondary N) is 3. The van der Waals surface area contributed by atoms with Crippen LogP contribution in [0.25, 0.3) is 0 Å². The average molecular weight is 219 g/mol. The number of anilines is 2. The molecule has 0 saturated carbocycles. The summed E-state index contributed by atoms with van der Waals surface area (Å²) in [6, 6.07) is 5.19. The molecule has 0 aromatic heterocycles. The van der Waals surface area contributed by atoms with Crippen LogP contribution in [-0.2, 0) is 4.79 Å². The van der Waals surface area contributed by atoms with Crippen molar-refractivity contribution >= 4 is 23.2 Å². The molecule has 5 nitrogen and oxygen atoms in total. The van der Waals surface area contributed by atoms with Crippen LogP contribution in [0.3, 0.4) is 0 Å². The average Bonchev–Trinajstić information content (AvgIpc) is 2.47. The zero-order valence-electron chi connectivity index (χ0n) is 8.96. The van der Waals surface area contributed by atoms with Crippen molar-refractivity contribution in [1.82, 2.24) is 5.32 Å². The summed E-state index contributed by atoms with van der Waals surface area (Å²) in [6.07, 6.45) is 0.435. The molecule has 5 heteroatoms. The summed E-state index contributed by atoms with van der Waals surface area (Å²) < 4.78 is 0. The number of hydrogen-bond donors (Lipinski definition) is 3. The quantitative estimate of drug-likeness (QED) is 0.654. The molecule has 1 aromatic carbocycles. The fourth-order valence-electron chi connectivity index (χ4n) is 1.61. The third-order valence-electron chi connectivity index (χ3n) is 2.45. The van der Waals surface area contributed by atoms with E-state index in [2.05, 4.69) is 16.0 Å². The molecule has 0 fully saturated rings. The van der Waals surface area contributed by atoms with Crippen molar-refractivity contribution in [3.05, 3.63) is 23.8 Å². The fourth-order valence-corrected chi connectivity index (χ4v) is 1.61. The van der Waals surface area contributed by atoms with Crippen LogP contribution >= 0.6 is 0 Å². The predicted molar refractivity (Wildman–Crippen MR) is 61.6 cm³/mol. The Morgan fingerprint density at radius 1 is 1.38 bits per heavy atom. The minimum atomic E-state index is -0.165. The van der Waals surface area contributed by atoms with Gasteiger partial charge < -0.3 is 16.0 Å². The predicted octanol–water partition coefficient (Wildman–Crippen LogP) is 0.800. The summed E-state index contributed by atoms with van der Waals surface area (Å²) in [7, 11) is 1.57. The number of amides is 2. The molecular weight excluding hydrogens is 206 g/mol. The van der Waals surface area contributed by atoms with E-state index in [1.54, 1.807) is 25.2 Å². The Hall–Kier alpha value is -2.04. The van der Waals surface area contributed by atoms with Crippen molar-refractivity contribution in [1.29, 1.82) is 0 Å². The lowest BCUT2D eigenvalue weighted by atomic mass is 10.1. The summed E-state index contributed by atoms with van der Waals surface area (Å²) in [5.41, 5.74) is 2.03. The molecule has 1 heterocycles. The second-order valence-electron chi connectivity index (χ2n) is 3.56. The number of fused-ring (bicyclic) bond motifs is 1. The Kier molecular flexibility index (Phi) is 2.76. The van der Waals surface area contributed by atoms with E-state index in [0.717, 1.165) is 5.69 Å². The van der Waals surface area contributed by atoms with Crippen LogP contribution in [-0.4, -0.2) is 25.4 Å². The van der Waals surface area contributed by atoms with Gasteiger partial charge in [-0.3, -0.25) is 9.59 Å². The van der Waals surface area contributed by atoms with E-state index >= 15 is 0 Å². The molecule has 0 unspecified atom stereocenters. The standard InChI is InChI=1S/C11H13N3O2/c1-12-11(16)7-2-3-8-9(6-7)14-10(15)4-5-13-8/h2-3,6,13H,4-5H2,1H3,(H,12,16)(H,14,15). The molecule has 2 rings (SSSR count). The lowest BCUT2D eigenvalue weighted by Crippen LogP contribution is -2.18. The van der Waals surface area contributed by atoms with Gasteiger partial charge in [0.15, 0.2) is 0 Å². The highest BCUT2D eigenvalue weighted by Gasteiger charge is 2.14. The first kappa shape index (κ1) is 10.5. The van der Waals surface area contributed by atoms with Gasteiger partial charge in [0.25, 0.3) is 5.91 Å². The number of hydrogen-bond acceptors (Lipinski definition) is 3. The minimum absolute atomic E-state index is 0.0414. The van der Waals surface area contributed by atoms with Crippen molar-refractivity contribution in [2.24, 2.45) is 0 Å². The third-order valence-corrected chi connectivity index (χ3v) is 2.45. The lowest BCUT2D eigenvalue weighted by Gasteiger charge is -2.09. The topological polar surface area (TPSA) is 70.2 Å². The maximum atomic E-state index is 11.4. The number of carbonyl (C=O) groups excluding carboxylic acids is 2.